The Labute approximate surface area is 193 Å². The van der Waals surface area contributed by atoms with E-state index in [-0.39, 0.29) is 16.8 Å². The van der Waals surface area contributed by atoms with Gasteiger partial charge in [0.25, 0.3) is 0 Å². The van der Waals surface area contributed by atoms with Crippen LogP contribution in [0.1, 0.15) is 31.8 Å². The summed E-state index contributed by atoms with van der Waals surface area (Å²) in [6.07, 6.45) is 1.71. The molecule has 0 fully saturated rings. The fourth-order valence-electron chi connectivity index (χ4n) is 3.26. The van der Waals surface area contributed by atoms with Crippen molar-refractivity contribution in [1.82, 2.24) is 4.98 Å². The van der Waals surface area contributed by atoms with Gasteiger partial charge in [-0.15, -0.1) is 0 Å². The summed E-state index contributed by atoms with van der Waals surface area (Å²) in [7, 11) is 0. The van der Waals surface area contributed by atoms with Gasteiger partial charge in [-0.25, -0.2) is 14.4 Å². The van der Waals surface area contributed by atoms with Crippen LogP contribution in [-0.2, 0) is 0 Å². The summed E-state index contributed by atoms with van der Waals surface area (Å²) in [6.45, 7) is 0. The zero-order valence-electron chi connectivity index (χ0n) is 17.6. The number of amides is 2. The number of nitrogens with zero attached hydrogens (tertiary/aromatic N) is 1. The third-order valence-electron chi connectivity index (χ3n) is 4.78. The molecular formula is C26H17N3O5. The van der Waals surface area contributed by atoms with Crippen LogP contribution in [0, 0.1) is 11.8 Å². The van der Waals surface area contributed by atoms with E-state index < -0.39 is 18.0 Å². The highest BCUT2D eigenvalue weighted by atomic mass is 16.4. The first-order chi connectivity index (χ1) is 16.4. The second kappa shape index (κ2) is 9.54. The van der Waals surface area contributed by atoms with E-state index in [0.29, 0.717) is 11.3 Å². The predicted molar refractivity (Wildman–Crippen MR) is 127 cm³/mol. The van der Waals surface area contributed by atoms with Gasteiger partial charge in [0.05, 0.1) is 22.2 Å². The summed E-state index contributed by atoms with van der Waals surface area (Å²) in [6, 6.07) is 19.2. The minimum Gasteiger partial charge on any atom is -0.478 e. The Kier molecular flexibility index (Phi) is 6.19. The van der Waals surface area contributed by atoms with E-state index in [2.05, 4.69) is 27.5 Å². The molecule has 2 amide bonds. The Hall–Kier alpha value is -5.16. The smallest absolute Gasteiger partial charge is 0.335 e. The van der Waals surface area contributed by atoms with Crippen LogP contribution in [0.2, 0.25) is 0 Å². The van der Waals surface area contributed by atoms with Gasteiger partial charge in [0.15, 0.2) is 0 Å². The van der Waals surface area contributed by atoms with E-state index in [1.807, 2.05) is 30.3 Å². The highest BCUT2D eigenvalue weighted by molar-refractivity contribution is 6.02. The topological polar surface area (TPSA) is 129 Å². The minimum absolute atomic E-state index is 0.0363. The Bertz CT molecular complexity index is 1460. The first-order valence-corrected chi connectivity index (χ1v) is 10.0. The van der Waals surface area contributed by atoms with Crippen molar-refractivity contribution < 1.29 is 24.6 Å². The predicted octanol–water partition coefficient (Wildman–Crippen LogP) is 4.68. The van der Waals surface area contributed by atoms with Gasteiger partial charge in [0.2, 0.25) is 0 Å². The number of hydrogen-bond acceptors (Lipinski definition) is 4. The summed E-state index contributed by atoms with van der Waals surface area (Å²) in [4.78, 5) is 39.3. The molecule has 0 bridgehead atoms. The number of carbonyl (C=O) groups is 3. The lowest BCUT2D eigenvalue weighted by Gasteiger charge is -2.09. The average Bonchev–Trinajstić information content (AvgIpc) is 2.82. The summed E-state index contributed by atoms with van der Waals surface area (Å²) in [5.41, 5.74) is 2.22. The van der Waals surface area contributed by atoms with Crippen LogP contribution in [-0.4, -0.2) is 33.2 Å². The molecule has 1 heterocycles. The molecular weight excluding hydrogens is 434 g/mol. The van der Waals surface area contributed by atoms with Crippen molar-refractivity contribution in [3.8, 4) is 11.8 Å². The molecule has 0 spiro atoms. The van der Waals surface area contributed by atoms with Gasteiger partial charge < -0.3 is 20.8 Å². The molecule has 166 valence electrons. The number of nitrogens with one attached hydrogen (secondary N) is 2. The maximum Gasteiger partial charge on any atom is 0.335 e. The molecule has 4 N–H and O–H groups in total. The molecule has 1 aromatic heterocycles. The number of pyridine rings is 1. The van der Waals surface area contributed by atoms with Crippen LogP contribution in [0.4, 0.5) is 16.2 Å². The monoisotopic (exact) mass is 451 g/mol. The number of benzene rings is 3. The molecule has 0 saturated heterocycles. The maximum atomic E-state index is 12.4. The van der Waals surface area contributed by atoms with E-state index in [1.165, 1.54) is 12.1 Å². The van der Waals surface area contributed by atoms with Gasteiger partial charge in [-0.1, -0.05) is 36.1 Å². The SMILES string of the molecule is O=C(Nc1cccc(C#Cc2cccc3cccnc23)c1)Nc1cc(C(=O)O)cc(C(=O)O)c1. The van der Waals surface area contributed by atoms with Gasteiger partial charge >= 0.3 is 18.0 Å². The number of aromatic nitrogens is 1. The standard InChI is InChI=1S/C26H17N3O5/c30-24(31)19-13-20(25(32)33)15-22(14-19)29-26(34)28-21-8-1-4-16(12-21)9-10-18-6-2-5-17-7-3-11-27-23(17)18/h1-8,11-15H,(H,30,31)(H,32,33)(H2,28,29,34). The third-order valence-corrected chi connectivity index (χ3v) is 4.78. The lowest BCUT2D eigenvalue weighted by molar-refractivity contribution is 0.0696. The van der Waals surface area contributed by atoms with E-state index in [9.17, 15) is 14.4 Å². The van der Waals surface area contributed by atoms with Crippen LogP contribution in [0.15, 0.2) is 79.0 Å². The fourth-order valence-corrected chi connectivity index (χ4v) is 3.26. The van der Waals surface area contributed by atoms with Gasteiger partial charge in [0, 0.05) is 28.5 Å². The van der Waals surface area contributed by atoms with Crippen LogP contribution in [0.25, 0.3) is 10.9 Å². The number of fused-ring (bicyclic) bond motifs is 1. The molecule has 4 aromatic rings. The maximum absolute atomic E-state index is 12.4. The van der Waals surface area contributed by atoms with Crippen molar-refractivity contribution in [2.45, 2.75) is 0 Å². The number of anilines is 2. The molecule has 0 aliphatic rings. The number of aromatic carboxylic acids is 2. The summed E-state index contributed by atoms with van der Waals surface area (Å²) < 4.78 is 0. The molecule has 0 unspecified atom stereocenters. The van der Waals surface area contributed by atoms with Gasteiger partial charge in [-0.05, 0) is 48.5 Å². The highest BCUT2D eigenvalue weighted by Crippen LogP contribution is 2.18. The highest BCUT2D eigenvalue weighted by Gasteiger charge is 2.13. The van der Waals surface area contributed by atoms with E-state index in [4.69, 9.17) is 10.2 Å². The van der Waals surface area contributed by atoms with E-state index in [1.54, 1.807) is 30.5 Å². The zero-order chi connectivity index (χ0) is 24.1. The Morgan fingerprint density at radius 1 is 0.735 bits per heavy atom. The van der Waals surface area contributed by atoms with Gasteiger partial charge in [-0.3, -0.25) is 4.98 Å². The molecule has 0 saturated carbocycles. The second-order valence-electron chi connectivity index (χ2n) is 7.20. The molecule has 34 heavy (non-hydrogen) atoms. The van der Waals surface area contributed by atoms with Crippen molar-refractivity contribution in [3.63, 3.8) is 0 Å². The third kappa shape index (κ3) is 5.18. The van der Waals surface area contributed by atoms with Crippen LogP contribution in [0.5, 0.6) is 0 Å². The van der Waals surface area contributed by atoms with E-state index in [0.717, 1.165) is 22.5 Å². The van der Waals surface area contributed by atoms with Crippen molar-refractivity contribution >= 4 is 40.2 Å². The number of carbonyl (C=O) groups excluding carboxylic acids is 1. The molecule has 4 rings (SSSR count). The van der Waals surface area contributed by atoms with Crippen molar-refractivity contribution in [2.75, 3.05) is 10.6 Å². The average molecular weight is 451 g/mol. The quantitative estimate of drug-likeness (QED) is 0.334. The first kappa shape index (κ1) is 22.0. The molecule has 8 heteroatoms. The number of hydrogen-bond donors (Lipinski definition) is 4. The van der Waals surface area contributed by atoms with Gasteiger partial charge in [-0.2, -0.15) is 0 Å². The second-order valence-corrected chi connectivity index (χ2v) is 7.20. The van der Waals surface area contributed by atoms with Crippen molar-refractivity contribution in [2.24, 2.45) is 0 Å². The molecule has 0 aliphatic heterocycles. The lowest BCUT2D eigenvalue weighted by Crippen LogP contribution is -2.20. The van der Waals surface area contributed by atoms with Crippen molar-refractivity contribution in [3.05, 3.63) is 101 Å². The normalized spacial score (nSPS) is 10.1. The number of carboxylic acids is 2. The number of para-hydroxylation sites is 1. The molecule has 0 radical (unpaired) electrons. The van der Waals surface area contributed by atoms with Crippen LogP contribution < -0.4 is 10.6 Å². The minimum atomic E-state index is -1.31. The number of urea groups is 1. The van der Waals surface area contributed by atoms with Crippen LogP contribution in [0.3, 0.4) is 0 Å². The summed E-state index contributed by atoms with van der Waals surface area (Å²) >= 11 is 0. The van der Waals surface area contributed by atoms with E-state index >= 15 is 0 Å². The largest absolute Gasteiger partial charge is 0.478 e. The zero-order valence-corrected chi connectivity index (χ0v) is 17.6. The number of carboxylic acid groups (broad SMARTS) is 2. The molecule has 0 atom stereocenters. The molecule has 3 aromatic carbocycles. The Morgan fingerprint density at radius 3 is 2.15 bits per heavy atom. The molecule has 8 nitrogen and oxygen atoms in total. The Morgan fingerprint density at radius 2 is 1.41 bits per heavy atom. The fraction of sp³-hybridized carbons (Fsp3) is 0. The molecule has 0 aliphatic carbocycles. The summed E-state index contributed by atoms with van der Waals surface area (Å²) in [5.74, 6) is 3.56. The number of rotatable bonds is 4. The van der Waals surface area contributed by atoms with Gasteiger partial charge in [0.1, 0.15) is 0 Å². The lowest BCUT2D eigenvalue weighted by atomic mass is 10.1. The summed E-state index contributed by atoms with van der Waals surface area (Å²) in [5, 5.41) is 24.4. The van der Waals surface area contributed by atoms with Crippen molar-refractivity contribution in [1.29, 1.82) is 0 Å². The Balaban J connectivity index is 1.51. The van der Waals surface area contributed by atoms with Crippen LogP contribution >= 0.6 is 0 Å². The first-order valence-electron chi connectivity index (χ1n) is 10.0.